The molecular weight excluding hydrogens is 246 g/mol. The predicted octanol–water partition coefficient (Wildman–Crippen LogP) is -0.148. The average Bonchev–Trinajstić information content (AvgIpc) is 2.80. The number of nitrogens with one attached hydrogen (secondary N) is 2. The number of carbonyl (C=O) groups is 1. The standard InChI is InChI=1S/C13H17N3O3/c14-11(7-17)13(19)15-4-3-8-6-16-12-2-1-9(18)5-10(8)12/h1-2,5-6,11,16-18H,3-4,7,14H2,(H,15,19)/t11-/m0/s1. The number of hydrogen-bond acceptors (Lipinski definition) is 4. The van der Waals surface area contributed by atoms with E-state index in [-0.39, 0.29) is 18.3 Å². The van der Waals surface area contributed by atoms with Gasteiger partial charge >= 0.3 is 0 Å². The van der Waals surface area contributed by atoms with Crippen molar-refractivity contribution in [3.05, 3.63) is 30.0 Å². The van der Waals surface area contributed by atoms with E-state index < -0.39 is 6.04 Å². The topological polar surface area (TPSA) is 111 Å². The molecule has 0 saturated heterocycles. The maximum absolute atomic E-state index is 11.4. The summed E-state index contributed by atoms with van der Waals surface area (Å²) in [7, 11) is 0. The number of aromatic nitrogens is 1. The first kappa shape index (κ1) is 13.4. The Bertz CT molecular complexity index is 580. The number of benzene rings is 1. The Balaban J connectivity index is 1.98. The van der Waals surface area contributed by atoms with Crippen LogP contribution in [0.4, 0.5) is 0 Å². The summed E-state index contributed by atoms with van der Waals surface area (Å²) in [5.74, 6) is -0.162. The van der Waals surface area contributed by atoms with Crippen LogP contribution in [-0.4, -0.2) is 40.3 Å². The maximum atomic E-state index is 11.4. The number of aliphatic hydroxyl groups excluding tert-OH is 1. The van der Waals surface area contributed by atoms with Crippen molar-refractivity contribution in [3.63, 3.8) is 0 Å². The number of hydrogen-bond donors (Lipinski definition) is 5. The smallest absolute Gasteiger partial charge is 0.239 e. The molecule has 2 aromatic rings. The lowest BCUT2D eigenvalue weighted by molar-refractivity contribution is -0.123. The van der Waals surface area contributed by atoms with Crippen LogP contribution < -0.4 is 11.1 Å². The quantitative estimate of drug-likeness (QED) is 0.516. The van der Waals surface area contributed by atoms with Crippen LogP contribution in [0.15, 0.2) is 24.4 Å². The molecule has 0 aliphatic carbocycles. The molecule has 0 aliphatic heterocycles. The Hall–Kier alpha value is -2.05. The average molecular weight is 263 g/mol. The monoisotopic (exact) mass is 263 g/mol. The third kappa shape index (κ3) is 3.04. The predicted molar refractivity (Wildman–Crippen MR) is 71.7 cm³/mol. The first-order chi connectivity index (χ1) is 9.11. The van der Waals surface area contributed by atoms with Crippen LogP contribution in [0.1, 0.15) is 5.56 Å². The Labute approximate surface area is 110 Å². The number of H-pyrrole nitrogens is 1. The van der Waals surface area contributed by atoms with Crippen molar-refractivity contribution in [1.29, 1.82) is 0 Å². The summed E-state index contributed by atoms with van der Waals surface area (Å²) in [6.07, 6.45) is 2.47. The lowest BCUT2D eigenvalue weighted by Gasteiger charge is -2.09. The molecule has 1 atom stereocenters. The van der Waals surface area contributed by atoms with Gasteiger partial charge in [0.2, 0.25) is 5.91 Å². The second-order valence-corrected chi connectivity index (χ2v) is 4.37. The third-order valence-electron chi connectivity index (χ3n) is 2.98. The fraction of sp³-hybridized carbons (Fsp3) is 0.308. The molecule has 0 unspecified atom stereocenters. The van der Waals surface area contributed by atoms with Gasteiger partial charge in [0.15, 0.2) is 0 Å². The largest absolute Gasteiger partial charge is 0.508 e. The summed E-state index contributed by atoms with van der Waals surface area (Å²) in [6.45, 7) is 0.0575. The summed E-state index contributed by atoms with van der Waals surface area (Å²) in [5.41, 5.74) is 7.32. The number of aliphatic hydroxyl groups is 1. The molecule has 6 nitrogen and oxygen atoms in total. The molecule has 0 aliphatic rings. The molecule has 0 fully saturated rings. The van der Waals surface area contributed by atoms with E-state index in [1.54, 1.807) is 18.2 Å². The van der Waals surface area contributed by atoms with Gasteiger partial charge < -0.3 is 26.2 Å². The number of fused-ring (bicyclic) bond motifs is 1. The zero-order valence-electron chi connectivity index (χ0n) is 10.4. The number of phenolic OH excluding ortho intramolecular Hbond substituents is 1. The Kier molecular flexibility index (Phi) is 4.03. The number of phenols is 1. The molecule has 1 amide bonds. The van der Waals surface area contributed by atoms with Gasteiger partial charge in [0.1, 0.15) is 11.8 Å². The molecule has 1 aromatic heterocycles. The molecule has 102 valence electrons. The Morgan fingerprint density at radius 1 is 1.47 bits per heavy atom. The van der Waals surface area contributed by atoms with Crippen LogP contribution in [-0.2, 0) is 11.2 Å². The minimum atomic E-state index is -0.882. The van der Waals surface area contributed by atoms with Crippen LogP contribution in [0, 0.1) is 0 Å². The normalized spacial score (nSPS) is 12.5. The summed E-state index contributed by atoms with van der Waals surface area (Å²) in [4.78, 5) is 14.5. The van der Waals surface area contributed by atoms with E-state index in [4.69, 9.17) is 10.8 Å². The van der Waals surface area contributed by atoms with E-state index >= 15 is 0 Å². The molecule has 6 N–H and O–H groups in total. The molecule has 6 heteroatoms. The van der Waals surface area contributed by atoms with Gasteiger partial charge in [0.25, 0.3) is 0 Å². The summed E-state index contributed by atoms with van der Waals surface area (Å²) in [6, 6.07) is 4.22. The lowest BCUT2D eigenvalue weighted by atomic mass is 10.1. The number of amides is 1. The zero-order chi connectivity index (χ0) is 13.8. The number of carbonyl (C=O) groups excluding carboxylic acids is 1. The van der Waals surface area contributed by atoms with Gasteiger partial charge in [0, 0.05) is 23.6 Å². The molecule has 2 rings (SSSR count). The Morgan fingerprint density at radius 2 is 2.26 bits per heavy atom. The van der Waals surface area contributed by atoms with Crippen molar-refractivity contribution < 1.29 is 15.0 Å². The molecule has 19 heavy (non-hydrogen) atoms. The van der Waals surface area contributed by atoms with Crippen molar-refractivity contribution in [1.82, 2.24) is 10.3 Å². The summed E-state index contributed by atoms with van der Waals surface area (Å²) in [5, 5.41) is 21.8. The van der Waals surface area contributed by atoms with Gasteiger partial charge in [-0.1, -0.05) is 0 Å². The van der Waals surface area contributed by atoms with Crippen LogP contribution in [0.3, 0.4) is 0 Å². The van der Waals surface area contributed by atoms with E-state index in [1.807, 2.05) is 6.20 Å². The second kappa shape index (κ2) is 5.73. The van der Waals surface area contributed by atoms with Crippen LogP contribution in [0.5, 0.6) is 5.75 Å². The van der Waals surface area contributed by atoms with Gasteiger partial charge in [-0.15, -0.1) is 0 Å². The molecule has 0 saturated carbocycles. The van der Waals surface area contributed by atoms with Crippen molar-refractivity contribution in [3.8, 4) is 5.75 Å². The molecule has 0 bridgehead atoms. The minimum absolute atomic E-state index is 0.208. The minimum Gasteiger partial charge on any atom is -0.508 e. The van der Waals surface area contributed by atoms with Crippen LogP contribution >= 0.6 is 0 Å². The first-order valence-electron chi connectivity index (χ1n) is 6.05. The van der Waals surface area contributed by atoms with E-state index in [1.165, 1.54) is 0 Å². The third-order valence-corrected chi connectivity index (χ3v) is 2.98. The first-order valence-corrected chi connectivity index (χ1v) is 6.05. The lowest BCUT2D eigenvalue weighted by Crippen LogP contribution is -2.43. The van der Waals surface area contributed by atoms with Crippen LogP contribution in [0.25, 0.3) is 10.9 Å². The highest BCUT2D eigenvalue weighted by atomic mass is 16.3. The number of nitrogens with two attached hydrogens (primary N) is 1. The Morgan fingerprint density at radius 3 is 3.00 bits per heavy atom. The highest BCUT2D eigenvalue weighted by Crippen LogP contribution is 2.22. The van der Waals surface area contributed by atoms with Gasteiger partial charge in [-0.3, -0.25) is 4.79 Å². The van der Waals surface area contributed by atoms with E-state index in [0.29, 0.717) is 13.0 Å². The van der Waals surface area contributed by atoms with Crippen LogP contribution in [0.2, 0.25) is 0 Å². The van der Waals surface area contributed by atoms with Gasteiger partial charge in [0.05, 0.1) is 6.61 Å². The number of rotatable bonds is 5. The fourth-order valence-corrected chi connectivity index (χ4v) is 1.91. The van der Waals surface area contributed by atoms with Crippen molar-refractivity contribution in [2.45, 2.75) is 12.5 Å². The van der Waals surface area contributed by atoms with Gasteiger partial charge in [-0.05, 0) is 30.2 Å². The zero-order valence-corrected chi connectivity index (χ0v) is 10.4. The van der Waals surface area contributed by atoms with Crippen molar-refractivity contribution >= 4 is 16.8 Å². The van der Waals surface area contributed by atoms with E-state index in [2.05, 4.69) is 10.3 Å². The van der Waals surface area contributed by atoms with Crippen molar-refractivity contribution in [2.24, 2.45) is 5.73 Å². The van der Waals surface area contributed by atoms with Crippen molar-refractivity contribution in [2.75, 3.05) is 13.2 Å². The second-order valence-electron chi connectivity index (χ2n) is 4.37. The van der Waals surface area contributed by atoms with Gasteiger partial charge in [-0.25, -0.2) is 0 Å². The molecule has 0 spiro atoms. The van der Waals surface area contributed by atoms with E-state index in [0.717, 1.165) is 16.5 Å². The highest BCUT2D eigenvalue weighted by Gasteiger charge is 2.11. The maximum Gasteiger partial charge on any atom is 0.239 e. The van der Waals surface area contributed by atoms with E-state index in [9.17, 15) is 9.90 Å². The molecule has 1 aromatic carbocycles. The fourth-order valence-electron chi connectivity index (χ4n) is 1.91. The van der Waals surface area contributed by atoms with Gasteiger partial charge in [-0.2, -0.15) is 0 Å². The molecular formula is C13H17N3O3. The number of aromatic amines is 1. The number of aromatic hydroxyl groups is 1. The molecule has 1 heterocycles. The summed E-state index contributed by atoms with van der Waals surface area (Å²) < 4.78 is 0. The molecule has 0 radical (unpaired) electrons. The SMILES string of the molecule is N[C@@H](CO)C(=O)NCCc1c[nH]c2ccc(O)cc12. The summed E-state index contributed by atoms with van der Waals surface area (Å²) >= 11 is 0. The highest BCUT2D eigenvalue weighted by molar-refractivity contribution is 5.85.